The first-order valence-corrected chi connectivity index (χ1v) is 14.4. The van der Waals surface area contributed by atoms with Gasteiger partial charge in [-0.2, -0.15) is 0 Å². The summed E-state index contributed by atoms with van der Waals surface area (Å²) in [6.45, 7) is 9.68. The average Bonchev–Trinajstić information content (AvgIpc) is 3.26. The van der Waals surface area contributed by atoms with E-state index < -0.39 is 29.3 Å². The highest BCUT2D eigenvalue weighted by atomic mass is 35.5. The Balaban J connectivity index is 1.57. The lowest BCUT2D eigenvalue weighted by molar-refractivity contribution is -0.150. The van der Waals surface area contributed by atoms with Crippen LogP contribution in [-0.4, -0.2) is 60.3 Å². The fourth-order valence-corrected chi connectivity index (χ4v) is 5.18. The Bertz CT molecular complexity index is 1580. The van der Waals surface area contributed by atoms with E-state index in [1.807, 2.05) is 24.3 Å². The highest BCUT2D eigenvalue weighted by Crippen LogP contribution is 2.52. The Morgan fingerprint density at radius 2 is 1.30 bits per heavy atom. The molecule has 0 unspecified atom stereocenters. The molecule has 0 spiro atoms. The van der Waals surface area contributed by atoms with Crippen molar-refractivity contribution in [2.24, 2.45) is 0 Å². The van der Waals surface area contributed by atoms with Crippen molar-refractivity contribution in [1.82, 2.24) is 9.97 Å². The summed E-state index contributed by atoms with van der Waals surface area (Å²) in [4.78, 5) is 58.8. The number of nitrogens with zero attached hydrogens (tertiary/aromatic N) is 2. The third kappa shape index (κ3) is 7.49. The zero-order valence-electron chi connectivity index (χ0n) is 24.7. The highest BCUT2D eigenvalue weighted by Gasteiger charge is 2.46. The van der Waals surface area contributed by atoms with Gasteiger partial charge in [0.1, 0.15) is 26.4 Å². The number of halogens is 1. The van der Waals surface area contributed by atoms with Crippen molar-refractivity contribution in [2.45, 2.75) is 44.9 Å². The second-order valence-electron chi connectivity index (χ2n) is 10.5. The lowest BCUT2D eigenvalue weighted by Gasteiger charge is -2.30. The predicted octanol–water partition coefficient (Wildman–Crippen LogP) is 5.44. The van der Waals surface area contributed by atoms with E-state index >= 15 is 0 Å². The molecule has 0 saturated carbocycles. The molecule has 0 radical (unpaired) electrons. The Morgan fingerprint density at radius 1 is 0.750 bits per heavy atom. The summed E-state index contributed by atoms with van der Waals surface area (Å²) < 4.78 is 20.6. The largest absolute Gasteiger partial charge is 0.462 e. The standard InChI is InChI=1S/C33H33ClN2O8/c1-20(2)31(39)43-17-15-41-27(37)11-13-33(14-12-28(38)42-16-18-44-32(40)21(3)4)24-8-6-5-7-23(24)29-30(33)36-26-19-22(34)9-10-25(26)35-29/h5-10,19H,1,3,11-18H2,2,4H3. The molecule has 10 nitrogen and oxygen atoms in total. The third-order valence-corrected chi connectivity index (χ3v) is 7.38. The van der Waals surface area contributed by atoms with Gasteiger partial charge in [-0.3, -0.25) is 9.59 Å². The van der Waals surface area contributed by atoms with Crippen molar-refractivity contribution >= 4 is 46.5 Å². The highest BCUT2D eigenvalue weighted by molar-refractivity contribution is 6.31. The van der Waals surface area contributed by atoms with Gasteiger partial charge < -0.3 is 18.9 Å². The zero-order valence-corrected chi connectivity index (χ0v) is 25.4. The molecule has 44 heavy (non-hydrogen) atoms. The second-order valence-corrected chi connectivity index (χ2v) is 10.9. The topological polar surface area (TPSA) is 131 Å². The van der Waals surface area contributed by atoms with Gasteiger partial charge in [0.2, 0.25) is 0 Å². The quantitative estimate of drug-likeness (QED) is 0.0994. The maximum atomic E-state index is 12.8. The van der Waals surface area contributed by atoms with Gasteiger partial charge in [0.05, 0.1) is 22.4 Å². The minimum absolute atomic E-state index is 0.0105. The van der Waals surface area contributed by atoms with E-state index in [1.165, 1.54) is 13.8 Å². The summed E-state index contributed by atoms with van der Waals surface area (Å²) in [7, 11) is 0. The predicted molar refractivity (Wildman–Crippen MR) is 163 cm³/mol. The van der Waals surface area contributed by atoms with Crippen molar-refractivity contribution in [2.75, 3.05) is 26.4 Å². The zero-order chi connectivity index (χ0) is 31.9. The first kappa shape index (κ1) is 32.3. The van der Waals surface area contributed by atoms with Gasteiger partial charge in [0.25, 0.3) is 0 Å². The Morgan fingerprint density at radius 3 is 1.86 bits per heavy atom. The average molecular weight is 621 g/mol. The van der Waals surface area contributed by atoms with Crippen molar-refractivity contribution < 1.29 is 38.1 Å². The van der Waals surface area contributed by atoms with Gasteiger partial charge in [-0.15, -0.1) is 0 Å². The van der Waals surface area contributed by atoms with Crippen LogP contribution >= 0.6 is 11.6 Å². The molecule has 0 aliphatic heterocycles. The van der Waals surface area contributed by atoms with E-state index in [4.69, 9.17) is 40.5 Å². The molecule has 3 aromatic rings. The van der Waals surface area contributed by atoms with E-state index in [-0.39, 0.29) is 63.3 Å². The fourth-order valence-electron chi connectivity index (χ4n) is 5.02. The SMILES string of the molecule is C=C(C)C(=O)OCCOC(=O)CCC1(CCC(=O)OCCOC(=O)C(=C)C)c2ccccc2-c2nc3ccc(Cl)cc3nc21. The van der Waals surface area contributed by atoms with Crippen molar-refractivity contribution in [3.05, 3.63) is 83.0 Å². The van der Waals surface area contributed by atoms with Crippen LogP contribution in [0.1, 0.15) is 50.8 Å². The number of ether oxygens (including phenoxy) is 4. The second kappa shape index (κ2) is 14.3. The monoisotopic (exact) mass is 620 g/mol. The number of carbonyl (C=O) groups is 4. The number of rotatable bonds is 14. The minimum Gasteiger partial charge on any atom is -0.462 e. The van der Waals surface area contributed by atoms with Gasteiger partial charge in [-0.1, -0.05) is 49.0 Å². The van der Waals surface area contributed by atoms with Crippen LogP contribution in [0.2, 0.25) is 5.02 Å². The van der Waals surface area contributed by atoms with Crippen LogP contribution in [0.3, 0.4) is 0 Å². The molecule has 2 aromatic carbocycles. The Labute approximate surface area is 260 Å². The number of fused-ring (bicyclic) bond motifs is 4. The number of hydrogen-bond acceptors (Lipinski definition) is 10. The summed E-state index contributed by atoms with van der Waals surface area (Å²) in [6.07, 6.45) is 0.490. The summed E-state index contributed by atoms with van der Waals surface area (Å²) in [5.74, 6) is -2.13. The molecule has 1 aliphatic carbocycles. The molecule has 1 aliphatic rings. The maximum Gasteiger partial charge on any atom is 0.333 e. The van der Waals surface area contributed by atoms with Crippen LogP contribution in [0.5, 0.6) is 0 Å². The van der Waals surface area contributed by atoms with Crippen molar-refractivity contribution in [1.29, 1.82) is 0 Å². The van der Waals surface area contributed by atoms with Crippen LogP contribution in [0.15, 0.2) is 66.8 Å². The van der Waals surface area contributed by atoms with Gasteiger partial charge in [0.15, 0.2) is 0 Å². The van der Waals surface area contributed by atoms with Gasteiger partial charge >= 0.3 is 23.9 Å². The van der Waals surface area contributed by atoms with Crippen LogP contribution in [0.25, 0.3) is 22.3 Å². The Kier molecular flexibility index (Phi) is 10.5. The van der Waals surface area contributed by atoms with Crippen molar-refractivity contribution in [3.8, 4) is 11.3 Å². The molecular formula is C33H33ClN2O8. The molecule has 0 amide bonds. The number of aromatic nitrogens is 2. The number of esters is 4. The lowest BCUT2D eigenvalue weighted by Crippen LogP contribution is -2.29. The lowest BCUT2D eigenvalue weighted by atomic mass is 9.73. The molecule has 0 saturated heterocycles. The maximum absolute atomic E-state index is 12.8. The Hall–Kier alpha value is -4.57. The summed E-state index contributed by atoms with van der Waals surface area (Å²) in [5.41, 5.74) is 3.87. The molecule has 0 bridgehead atoms. The van der Waals surface area contributed by atoms with Crippen LogP contribution < -0.4 is 0 Å². The van der Waals surface area contributed by atoms with Crippen LogP contribution in [0, 0.1) is 0 Å². The molecule has 1 heterocycles. The summed E-state index contributed by atoms with van der Waals surface area (Å²) in [5, 5.41) is 0.500. The van der Waals surface area contributed by atoms with E-state index in [1.54, 1.807) is 18.2 Å². The first-order valence-electron chi connectivity index (χ1n) is 14.1. The van der Waals surface area contributed by atoms with Crippen LogP contribution in [0.4, 0.5) is 0 Å². The smallest absolute Gasteiger partial charge is 0.333 e. The van der Waals surface area contributed by atoms with E-state index in [0.717, 1.165) is 11.1 Å². The van der Waals surface area contributed by atoms with Gasteiger partial charge in [0, 0.05) is 40.0 Å². The van der Waals surface area contributed by atoms with E-state index in [0.29, 0.717) is 27.4 Å². The van der Waals surface area contributed by atoms with Gasteiger partial charge in [-0.25, -0.2) is 19.6 Å². The summed E-state index contributed by atoms with van der Waals surface area (Å²) in [6, 6.07) is 12.9. The van der Waals surface area contributed by atoms with E-state index in [2.05, 4.69) is 13.2 Å². The molecule has 0 fully saturated rings. The summed E-state index contributed by atoms with van der Waals surface area (Å²) >= 11 is 6.27. The number of carbonyl (C=O) groups excluding carboxylic acids is 4. The molecule has 1 aromatic heterocycles. The normalized spacial score (nSPS) is 12.5. The van der Waals surface area contributed by atoms with Gasteiger partial charge in [-0.05, 0) is 50.5 Å². The molecule has 11 heteroatoms. The molecule has 4 rings (SSSR count). The fraction of sp³-hybridized carbons (Fsp3) is 0.333. The molecular weight excluding hydrogens is 588 g/mol. The molecule has 0 atom stereocenters. The van der Waals surface area contributed by atoms with Crippen molar-refractivity contribution in [3.63, 3.8) is 0 Å². The minimum atomic E-state index is -0.883. The number of hydrogen-bond donors (Lipinski definition) is 0. The molecule has 230 valence electrons. The molecule has 0 N–H and O–H groups in total. The van der Waals surface area contributed by atoms with E-state index in [9.17, 15) is 19.2 Å². The first-order chi connectivity index (χ1) is 21.0. The third-order valence-electron chi connectivity index (χ3n) is 7.15. The van der Waals surface area contributed by atoms with Crippen LogP contribution in [-0.2, 0) is 43.5 Å². The number of benzene rings is 2.